The van der Waals surface area contributed by atoms with Gasteiger partial charge in [-0.15, -0.1) is 11.3 Å². The van der Waals surface area contributed by atoms with Gasteiger partial charge < -0.3 is 10.6 Å². The van der Waals surface area contributed by atoms with Crippen LogP contribution in [0.15, 0.2) is 76.0 Å². The molecular formula is C29H29N5O3S2. The van der Waals surface area contributed by atoms with E-state index in [0.717, 1.165) is 21.7 Å². The average molecular weight is 560 g/mol. The second-order valence-electron chi connectivity index (χ2n) is 9.32. The molecule has 10 heteroatoms. The lowest BCUT2D eigenvalue weighted by atomic mass is 10.1. The van der Waals surface area contributed by atoms with E-state index >= 15 is 0 Å². The van der Waals surface area contributed by atoms with Gasteiger partial charge in [0.25, 0.3) is 5.91 Å². The average Bonchev–Trinajstić information content (AvgIpc) is 3.57. The second-order valence-corrected chi connectivity index (χ2v) is 11.5. The molecule has 0 spiro atoms. The molecule has 2 aliphatic heterocycles. The fraction of sp³-hybridized carbons (Fsp3) is 0.276. The molecule has 5 rings (SSSR count). The molecule has 0 unspecified atom stereocenters. The lowest BCUT2D eigenvalue weighted by Gasteiger charge is -2.27. The van der Waals surface area contributed by atoms with Gasteiger partial charge in [0, 0.05) is 22.5 Å². The third-order valence-corrected chi connectivity index (χ3v) is 8.62. The van der Waals surface area contributed by atoms with Crippen LogP contribution in [0.5, 0.6) is 0 Å². The first-order valence-corrected chi connectivity index (χ1v) is 14.6. The zero-order valence-electron chi connectivity index (χ0n) is 21.7. The van der Waals surface area contributed by atoms with E-state index in [9.17, 15) is 14.4 Å². The Morgan fingerprint density at radius 3 is 2.74 bits per heavy atom. The van der Waals surface area contributed by atoms with E-state index in [4.69, 9.17) is 9.98 Å². The van der Waals surface area contributed by atoms with Crippen LogP contribution in [-0.2, 0) is 20.9 Å². The first kappa shape index (κ1) is 26.8. The predicted octanol–water partition coefficient (Wildman–Crippen LogP) is 5.26. The number of aliphatic imine (C=N–C) groups is 2. The molecule has 3 heterocycles. The van der Waals surface area contributed by atoms with Crippen LogP contribution in [0.3, 0.4) is 0 Å². The van der Waals surface area contributed by atoms with E-state index in [1.807, 2.05) is 79.9 Å². The highest BCUT2D eigenvalue weighted by molar-refractivity contribution is 8.15. The van der Waals surface area contributed by atoms with Crippen molar-refractivity contribution in [3.05, 3.63) is 82.0 Å². The SMILES string of the molecule is CC[C@@H](SC1=Nc2ccccc2C2=N[C@H](CCC(=O)NCc3cccs3)C(=O)N12)C(=O)Nc1cccc(C)c1. The number of thioether (sulfide) groups is 1. The van der Waals surface area contributed by atoms with Crippen molar-refractivity contribution < 1.29 is 14.4 Å². The Morgan fingerprint density at radius 2 is 1.97 bits per heavy atom. The molecule has 0 aliphatic carbocycles. The molecule has 0 saturated carbocycles. The van der Waals surface area contributed by atoms with Crippen molar-refractivity contribution in [2.45, 2.75) is 50.9 Å². The Morgan fingerprint density at radius 1 is 1.13 bits per heavy atom. The van der Waals surface area contributed by atoms with Gasteiger partial charge in [-0.05, 0) is 61.0 Å². The topological polar surface area (TPSA) is 103 Å². The number of thiophene rings is 1. The van der Waals surface area contributed by atoms with Crippen molar-refractivity contribution in [1.82, 2.24) is 10.2 Å². The molecular weight excluding hydrogens is 530 g/mol. The number of amides is 3. The van der Waals surface area contributed by atoms with Gasteiger partial charge in [0.05, 0.1) is 17.5 Å². The molecule has 0 saturated heterocycles. The third kappa shape index (κ3) is 6.12. The lowest BCUT2D eigenvalue weighted by Crippen LogP contribution is -2.42. The number of hydrogen-bond donors (Lipinski definition) is 2. The number of para-hydroxylation sites is 1. The molecule has 2 aromatic carbocycles. The number of nitrogens with zero attached hydrogens (tertiary/aromatic N) is 3. The number of rotatable bonds is 9. The Hall–Kier alpha value is -3.76. The first-order valence-electron chi connectivity index (χ1n) is 12.9. The van der Waals surface area contributed by atoms with Crippen LogP contribution in [0.2, 0.25) is 0 Å². The highest BCUT2D eigenvalue weighted by Gasteiger charge is 2.42. The fourth-order valence-electron chi connectivity index (χ4n) is 4.42. The predicted molar refractivity (Wildman–Crippen MR) is 158 cm³/mol. The molecule has 0 radical (unpaired) electrons. The minimum Gasteiger partial charge on any atom is -0.351 e. The van der Waals surface area contributed by atoms with Crippen molar-refractivity contribution in [3.8, 4) is 0 Å². The van der Waals surface area contributed by atoms with E-state index in [2.05, 4.69) is 10.6 Å². The minimum absolute atomic E-state index is 0.121. The monoisotopic (exact) mass is 559 g/mol. The first-order chi connectivity index (χ1) is 18.9. The van der Waals surface area contributed by atoms with Crippen molar-refractivity contribution in [1.29, 1.82) is 0 Å². The lowest BCUT2D eigenvalue weighted by molar-refractivity contribution is -0.125. The number of carbonyl (C=O) groups is 3. The molecule has 200 valence electrons. The maximum Gasteiger partial charge on any atom is 0.259 e. The Kier molecular flexibility index (Phi) is 8.23. The molecule has 3 aromatic rings. The van der Waals surface area contributed by atoms with Crippen LogP contribution >= 0.6 is 23.1 Å². The summed E-state index contributed by atoms with van der Waals surface area (Å²) in [6.07, 6.45) is 1.02. The molecule has 2 N–H and O–H groups in total. The summed E-state index contributed by atoms with van der Waals surface area (Å²) in [7, 11) is 0. The summed E-state index contributed by atoms with van der Waals surface area (Å²) in [6, 6.07) is 18.4. The van der Waals surface area contributed by atoms with E-state index in [1.165, 1.54) is 16.7 Å². The summed E-state index contributed by atoms with van der Waals surface area (Å²) in [4.78, 5) is 51.3. The van der Waals surface area contributed by atoms with Crippen LogP contribution in [0.4, 0.5) is 11.4 Å². The molecule has 1 aromatic heterocycles. The zero-order chi connectivity index (χ0) is 27.4. The summed E-state index contributed by atoms with van der Waals surface area (Å²) < 4.78 is 0. The summed E-state index contributed by atoms with van der Waals surface area (Å²) in [5, 5.41) is 7.82. The summed E-state index contributed by atoms with van der Waals surface area (Å²) in [6.45, 7) is 4.38. The van der Waals surface area contributed by atoms with Crippen molar-refractivity contribution >= 4 is 63.2 Å². The number of anilines is 1. The number of fused-ring (bicyclic) bond motifs is 3. The van der Waals surface area contributed by atoms with E-state index in [0.29, 0.717) is 36.1 Å². The van der Waals surface area contributed by atoms with E-state index < -0.39 is 11.3 Å². The quantitative estimate of drug-likeness (QED) is 0.373. The molecule has 39 heavy (non-hydrogen) atoms. The van der Waals surface area contributed by atoms with Gasteiger partial charge in [-0.25, -0.2) is 9.89 Å². The Balaban J connectivity index is 1.31. The van der Waals surface area contributed by atoms with Crippen LogP contribution in [-0.4, -0.2) is 44.9 Å². The Bertz CT molecular complexity index is 1450. The second kappa shape index (κ2) is 12.0. The molecule has 0 bridgehead atoms. The molecule has 8 nitrogen and oxygen atoms in total. The molecule has 3 amide bonds. The minimum atomic E-state index is -0.689. The van der Waals surface area contributed by atoms with Gasteiger partial charge in [0.2, 0.25) is 11.8 Å². The van der Waals surface area contributed by atoms with Crippen LogP contribution in [0.1, 0.15) is 42.2 Å². The van der Waals surface area contributed by atoms with Crippen molar-refractivity contribution in [2.24, 2.45) is 9.98 Å². The van der Waals surface area contributed by atoms with Gasteiger partial charge in [-0.1, -0.05) is 49.0 Å². The van der Waals surface area contributed by atoms with Crippen molar-refractivity contribution in [2.75, 3.05) is 5.32 Å². The smallest absolute Gasteiger partial charge is 0.259 e. The maximum atomic E-state index is 13.6. The Labute approximate surface area is 235 Å². The number of amidine groups is 2. The molecule has 0 fully saturated rings. The van der Waals surface area contributed by atoms with Gasteiger partial charge in [-0.3, -0.25) is 19.4 Å². The highest BCUT2D eigenvalue weighted by atomic mass is 32.2. The molecule has 2 atom stereocenters. The number of benzene rings is 2. The van der Waals surface area contributed by atoms with E-state index in [-0.39, 0.29) is 24.1 Å². The standard InChI is InChI=1S/C29H29N5O3S2/c1-3-24(27(36)31-19-9-6-8-18(2)16-19)39-29-33-22-12-5-4-11-21(22)26-32-23(28(37)34(26)29)13-14-25(35)30-17-20-10-7-15-38-20/h4-12,15-16,23-24H,3,13-14,17H2,1-2H3,(H,30,35)(H,31,36)/t23-,24-/m1/s1. The van der Waals surface area contributed by atoms with Crippen LogP contribution in [0.25, 0.3) is 0 Å². The van der Waals surface area contributed by atoms with Gasteiger partial charge in [0.15, 0.2) is 5.17 Å². The normalized spacial score (nSPS) is 16.6. The number of nitrogens with one attached hydrogen (secondary N) is 2. The van der Waals surface area contributed by atoms with Crippen LogP contribution in [0, 0.1) is 6.92 Å². The largest absolute Gasteiger partial charge is 0.351 e. The third-order valence-electron chi connectivity index (χ3n) is 6.43. The van der Waals surface area contributed by atoms with Crippen molar-refractivity contribution in [3.63, 3.8) is 0 Å². The fourth-order valence-corrected chi connectivity index (χ4v) is 6.08. The number of hydrogen-bond acceptors (Lipinski definition) is 7. The number of aryl methyl sites for hydroxylation is 1. The summed E-state index contributed by atoms with van der Waals surface area (Å²) in [5.74, 6) is 0.0133. The summed E-state index contributed by atoms with van der Waals surface area (Å²) in [5.41, 5.74) is 3.24. The maximum absolute atomic E-state index is 13.6. The summed E-state index contributed by atoms with van der Waals surface area (Å²) >= 11 is 2.84. The zero-order valence-corrected chi connectivity index (χ0v) is 23.3. The van der Waals surface area contributed by atoms with Gasteiger partial charge in [-0.2, -0.15) is 0 Å². The van der Waals surface area contributed by atoms with Crippen LogP contribution < -0.4 is 10.6 Å². The highest BCUT2D eigenvalue weighted by Crippen LogP contribution is 2.36. The van der Waals surface area contributed by atoms with E-state index in [1.54, 1.807) is 11.3 Å². The van der Waals surface area contributed by atoms with Gasteiger partial charge in [0.1, 0.15) is 11.9 Å². The molecule has 2 aliphatic rings. The number of carbonyl (C=O) groups excluding carboxylic acids is 3. The van der Waals surface area contributed by atoms with Gasteiger partial charge >= 0.3 is 0 Å².